The standard InChI is InChI=1S/C8H5F2N3O2/c9-8(10)7-5-3-4(13(14)15)1-2-6(5)11-12-7/h1-3,8H,(H,11,12). The van der Waals surface area contributed by atoms with Crippen LogP contribution in [0.3, 0.4) is 0 Å². The van der Waals surface area contributed by atoms with E-state index in [1.807, 2.05) is 0 Å². The van der Waals surface area contributed by atoms with Crippen LogP contribution >= 0.6 is 0 Å². The number of hydrogen-bond donors (Lipinski definition) is 1. The summed E-state index contributed by atoms with van der Waals surface area (Å²) in [5.74, 6) is 0. The molecule has 1 aromatic carbocycles. The molecular weight excluding hydrogens is 208 g/mol. The first-order chi connectivity index (χ1) is 7.09. The maximum absolute atomic E-state index is 12.4. The van der Waals surface area contributed by atoms with Gasteiger partial charge in [-0.25, -0.2) is 8.78 Å². The van der Waals surface area contributed by atoms with Crippen LogP contribution in [0.4, 0.5) is 14.5 Å². The Morgan fingerprint density at radius 3 is 2.80 bits per heavy atom. The van der Waals surface area contributed by atoms with E-state index in [4.69, 9.17) is 0 Å². The number of non-ortho nitro benzene ring substituents is 1. The number of nitro benzene ring substituents is 1. The Hall–Kier alpha value is -2.05. The molecule has 0 saturated carbocycles. The van der Waals surface area contributed by atoms with Gasteiger partial charge in [0.1, 0.15) is 5.69 Å². The van der Waals surface area contributed by atoms with Gasteiger partial charge in [-0.2, -0.15) is 5.10 Å². The van der Waals surface area contributed by atoms with Crippen LogP contribution in [-0.4, -0.2) is 15.1 Å². The Labute approximate surface area is 81.9 Å². The first kappa shape index (κ1) is 9.50. The number of nitrogens with one attached hydrogen (secondary N) is 1. The molecule has 0 bridgehead atoms. The monoisotopic (exact) mass is 213 g/mol. The van der Waals surface area contributed by atoms with Crippen LogP contribution in [0.25, 0.3) is 10.9 Å². The van der Waals surface area contributed by atoms with Crippen molar-refractivity contribution in [2.75, 3.05) is 0 Å². The lowest BCUT2D eigenvalue weighted by atomic mass is 10.2. The molecule has 0 unspecified atom stereocenters. The smallest absolute Gasteiger partial charge is 0.276 e. The summed E-state index contributed by atoms with van der Waals surface area (Å²) in [4.78, 5) is 9.80. The summed E-state index contributed by atoms with van der Waals surface area (Å²) in [6, 6.07) is 3.63. The highest BCUT2D eigenvalue weighted by atomic mass is 19.3. The van der Waals surface area contributed by atoms with Gasteiger partial charge in [-0.1, -0.05) is 0 Å². The fourth-order valence-electron chi connectivity index (χ4n) is 1.30. The molecule has 1 aromatic heterocycles. The van der Waals surface area contributed by atoms with Crippen LogP contribution in [0.15, 0.2) is 18.2 Å². The molecule has 0 atom stereocenters. The Balaban J connectivity index is 2.66. The molecule has 78 valence electrons. The molecule has 0 aliphatic heterocycles. The molecule has 0 radical (unpaired) electrons. The fraction of sp³-hybridized carbons (Fsp3) is 0.125. The average Bonchev–Trinajstić information content (AvgIpc) is 2.59. The molecular formula is C8H5F2N3O2. The van der Waals surface area contributed by atoms with Gasteiger partial charge in [0, 0.05) is 17.5 Å². The first-order valence-electron chi connectivity index (χ1n) is 4.00. The largest absolute Gasteiger partial charge is 0.280 e. The molecule has 0 spiro atoms. The van der Waals surface area contributed by atoms with Crippen LogP contribution < -0.4 is 0 Å². The van der Waals surface area contributed by atoms with Crippen molar-refractivity contribution in [2.45, 2.75) is 6.43 Å². The van der Waals surface area contributed by atoms with E-state index in [0.717, 1.165) is 6.07 Å². The van der Waals surface area contributed by atoms with Gasteiger partial charge < -0.3 is 0 Å². The molecule has 1 heterocycles. The van der Waals surface area contributed by atoms with Crippen molar-refractivity contribution < 1.29 is 13.7 Å². The van der Waals surface area contributed by atoms with Crippen molar-refractivity contribution in [3.8, 4) is 0 Å². The number of benzene rings is 1. The zero-order valence-corrected chi connectivity index (χ0v) is 7.28. The third-order valence-corrected chi connectivity index (χ3v) is 2.00. The van der Waals surface area contributed by atoms with Gasteiger partial charge >= 0.3 is 0 Å². The maximum atomic E-state index is 12.4. The summed E-state index contributed by atoms with van der Waals surface area (Å²) in [5.41, 5.74) is -0.338. The predicted octanol–water partition coefficient (Wildman–Crippen LogP) is 2.41. The minimum Gasteiger partial charge on any atom is -0.276 e. The van der Waals surface area contributed by atoms with E-state index in [1.54, 1.807) is 0 Å². The van der Waals surface area contributed by atoms with Crippen LogP contribution in [0, 0.1) is 10.1 Å². The lowest BCUT2D eigenvalue weighted by molar-refractivity contribution is -0.384. The van der Waals surface area contributed by atoms with Crippen molar-refractivity contribution in [3.05, 3.63) is 34.0 Å². The molecule has 0 saturated heterocycles. The second kappa shape index (κ2) is 3.26. The summed E-state index contributed by atoms with van der Waals surface area (Å²) < 4.78 is 24.8. The minimum atomic E-state index is -2.72. The minimum absolute atomic E-state index is 0.0826. The summed E-state index contributed by atoms with van der Waals surface area (Å²) in [7, 11) is 0. The van der Waals surface area contributed by atoms with Gasteiger partial charge in [0.15, 0.2) is 0 Å². The lowest BCUT2D eigenvalue weighted by Crippen LogP contribution is -1.88. The number of hydrogen-bond acceptors (Lipinski definition) is 3. The van der Waals surface area contributed by atoms with E-state index < -0.39 is 17.0 Å². The van der Waals surface area contributed by atoms with Gasteiger partial charge in [0.2, 0.25) is 0 Å². The zero-order valence-electron chi connectivity index (χ0n) is 7.28. The topological polar surface area (TPSA) is 71.8 Å². The summed E-state index contributed by atoms with van der Waals surface area (Å²) in [6.07, 6.45) is -2.72. The number of aromatic nitrogens is 2. The van der Waals surface area contributed by atoms with Crippen LogP contribution in [-0.2, 0) is 0 Å². The summed E-state index contributed by atoms with van der Waals surface area (Å²) in [5, 5.41) is 16.3. The molecule has 0 amide bonds. The SMILES string of the molecule is O=[N+]([O-])c1ccc2n[nH]c(C(F)F)c2c1. The van der Waals surface area contributed by atoms with Crippen molar-refractivity contribution in [3.63, 3.8) is 0 Å². The Kier molecular flexibility index (Phi) is 2.07. The van der Waals surface area contributed by atoms with Crippen LogP contribution in [0.2, 0.25) is 0 Å². The number of rotatable bonds is 2. The fourth-order valence-corrected chi connectivity index (χ4v) is 1.30. The molecule has 7 heteroatoms. The number of nitrogens with zero attached hydrogens (tertiary/aromatic N) is 2. The number of halogens is 2. The average molecular weight is 213 g/mol. The predicted molar refractivity (Wildman–Crippen MR) is 47.7 cm³/mol. The van der Waals surface area contributed by atoms with Crippen LogP contribution in [0.1, 0.15) is 12.1 Å². The Bertz CT molecular complexity index is 524. The normalized spacial score (nSPS) is 11.1. The van der Waals surface area contributed by atoms with Crippen molar-refractivity contribution >= 4 is 16.6 Å². The molecule has 15 heavy (non-hydrogen) atoms. The van der Waals surface area contributed by atoms with E-state index in [-0.39, 0.29) is 16.6 Å². The molecule has 0 aliphatic rings. The quantitative estimate of drug-likeness (QED) is 0.614. The van der Waals surface area contributed by atoms with Gasteiger partial charge in [-0.3, -0.25) is 15.2 Å². The highest BCUT2D eigenvalue weighted by Crippen LogP contribution is 2.27. The van der Waals surface area contributed by atoms with Crippen molar-refractivity contribution in [1.82, 2.24) is 10.2 Å². The molecule has 2 rings (SSSR count). The van der Waals surface area contributed by atoms with E-state index in [9.17, 15) is 18.9 Å². The van der Waals surface area contributed by atoms with Crippen molar-refractivity contribution in [2.24, 2.45) is 0 Å². The van der Waals surface area contributed by atoms with Crippen LogP contribution in [0.5, 0.6) is 0 Å². The van der Waals surface area contributed by atoms with Gasteiger partial charge in [0.25, 0.3) is 12.1 Å². The third kappa shape index (κ3) is 1.51. The summed E-state index contributed by atoms with van der Waals surface area (Å²) >= 11 is 0. The molecule has 2 aromatic rings. The van der Waals surface area contributed by atoms with E-state index in [2.05, 4.69) is 10.2 Å². The highest BCUT2D eigenvalue weighted by Gasteiger charge is 2.17. The third-order valence-electron chi connectivity index (χ3n) is 2.00. The van der Waals surface area contributed by atoms with E-state index in [1.165, 1.54) is 12.1 Å². The Morgan fingerprint density at radius 2 is 2.20 bits per heavy atom. The van der Waals surface area contributed by atoms with E-state index in [0.29, 0.717) is 0 Å². The Morgan fingerprint density at radius 1 is 1.47 bits per heavy atom. The van der Waals surface area contributed by atoms with Gasteiger partial charge in [0.05, 0.1) is 10.4 Å². The zero-order chi connectivity index (χ0) is 11.0. The van der Waals surface area contributed by atoms with E-state index >= 15 is 0 Å². The lowest BCUT2D eigenvalue weighted by Gasteiger charge is -1.95. The van der Waals surface area contributed by atoms with Gasteiger partial charge in [-0.05, 0) is 6.07 Å². The second-order valence-corrected chi connectivity index (χ2v) is 2.90. The second-order valence-electron chi connectivity index (χ2n) is 2.90. The highest BCUT2D eigenvalue weighted by molar-refractivity contribution is 5.83. The molecule has 5 nitrogen and oxygen atoms in total. The maximum Gasteiger partial charge on any atom is 0.280 e. The number of fused-ring (bicyclic) bond motifs is 1. The summed E-state index contributed by atoms with van der Waals surface area (Å²) in [6.45, 7) is 0. The molecule has 0 aliphatic carbocycles. The van der Waals surface area contributed by atoms with Gasteiger partial charge in [-0.15, -0.1) is 0 Å². The number of H-pyrrole nitrogens is 1. The number of nitro groups is 1. The van der Waals surface area contributed by atoms with Crippen molar-refractivity contribution in [1.29, 1.82) is 0 Å². The number of aromatic amines is 1. The molecule has 1 N–H and O–H groups in total. The number of alkyl halides is 2. The first-order valence-corrected chi connectivity index (χ1v) is 4.00. The molecule has 0 fully saturated rings.